The van der Waals surface area contributed by atoms with E-state index < -0.39 is 5.60 Å². The smallest absolute Gasteiger partial charge is 0.407 e. The molecule has 0 bridgehead atoms. The van der Waals surface area contributed by atoms with Crippen LogP contribution in [-0.2, 0) is 4.74 Å². The molecular formula is C15H17N5O3. The van der Waals surface area contributed by atoms with Crippen molar-refractivity contribution in [2.24, 2.45) is 0 Å². The molecule has 4 rings (SSSR count). The molecule has 1 aromatic carbocycles. The lowest BCUT2D eigenvalue weighted by atomic mass is 9.95. The topological polar surface area (TPSA) is 100 Å². The van der Waals surface area contributed by atoms with Crippen molar-refractivity contribution in [3.63, 3.8) is 0 Å². The van der Waals surface area contributed by atoms with Gasteiger partial charge in [-0.3, -0.25) is 4.79 Å². The SMILES string of the molecule is O=C1NCC2(CCCN(C(=O)c3ccc4n[nH]nc4c3)CC2)O1. The van der Waals surface area contributed by atoms with Gasteiger partial charge in [0, 0.05) is 25.1 Å². The van der Waals surface area contributed by atoms with Gasteiger partial charge in [0.2, 0.25) is 0 Å². The first-order chi connectivity index (χ1) is 11.2. The number of benzene rings is 1. The number of alkyl carbamates (subject to hydrolysis) is 1. The Morgan fingerprint density at radius 2 is 2.09 bits per heavy atom. The number of hydrogen-bond donors (Lipinski definition) is 2. The fourth-order valence-corrected chi connectivity index (χ4v) is 3.31. The van der Waals surface area contributed by atoms with Crippen molar-refractivity contribution in [3.8, 4) is 0 Å². The van der Waals surface area contributed by atoms with Crippen LogP contribution in [0.15, 0.2) is 18.2 Å². The standard InChI is InChI=1S/C15H17N5O3/c21-13(10-2-3-11-12(8-10)18-19-17-11)20-6-1-4-15(5-7-20)9-16-14(22)23-15/h2-3,8H,1,4-7,9H2,(H,16,22)(H,17,18,19). The predicted octanol–water partition coefficient (Wildman–Crippen LogP) is 1.06. The summed E-state index contributed by atoms with van der Waals surface area (Å²) >= 11 is 0. The number of fused-ring (bicyclic) bond motifs is 1. The lowest BCUT2D eigenvalue weighted by Gasteiger charge is -2.25. The quantitative estimate of drug-likeness (QED) is 0.819. The number of likely N-dealkylation sites (tertiary alicyclic amines) is 1. The average Bonchev–Trinajstić information content (AvgIpc) is 3.10. The minimum absolute atomic E-state index is 0.0239. The third kappa shape index (κ3) is 2.49. The Balaban J connectivity index is 1.51. The van der Waals surface area contributed by atoms with E-state index >= 15 is 0 Å². The first-order valence-electron chi connectivity index (χ1n) is 7.72. The van der Waals surface area contributed by atoms with Crippen LogP contribution in [-0.4, -0.2) is 57.5 Å². The van der Waals surface area contributed by atoms with Crippen molar-refractivity contribution >= 4 is 23.0 Å². The maximum absolute atomic E-state index is 12.7. The minimum Gasteiger partial charge on any atom is -0.441 e. The maximum atomic E-state index is 12.7. The molecule has 120 valence electrons. The molecule has 23 heavy (non-hydrogen) atoms. The Hall–Kier alpha value is -2.64. The first kappa shape index (κ1) is 14.0. The van der Waals surface area contributed by atoms with Crippen LogP contribution >= 0.6 is 0 Å². The molecule has 2 saturated heterocycles. The molecule has 0 radical (unpaired) electrons. The number of H-pyrrole nitrogens is 1. The average molecular weight is 315 g/mol. The number of ether oxygens (including phenoxy) is 1. The Bertz CT molecular complexity index is 773. The van der Waals surface area contributed by atoms with E-state index in [-0.39, 0.29) is 12.0 Å². The highest BCUT2D eigenvalue weighted by atomic mass is 16.6. The van der Waals surface area contributed by atoms with Crippen LogP contribution in [0.5, 0.6) is 0 Å². The third-order valence-corrected chi connectivity index (χ3v) is 4.61. The van der Waals surface area contributed by atoms with Gasteiger partial charge in [-0.25, -0.2) is 4.79 Å². The number of carbonyl (C=O) groups is 2. The van der Waals surface area contributed by atoms with E-state index in [1.807, 2.05) is 4.90 Å². The van der Waals surface area contributed by atoms with Crippen LogP contribution in [0.2, 0.25) is 0 Å². The minimum atomic E-state index is -0.456. The summed E-state index contributed by atoms with van der Waals surface area (Å²) in [7, 11) is 0. The number of nitrogens with zero attached hydrogens (tertiary/aromatic N) is 3. The highest BCUT2D eigenvalue weighted by molar-refractivity contribution is 5.97. The number of rotatable bonds is 1. The summed E-state index contributed by atoms with van der Waals surface area (Å²) in [6.07, 6.45) is 1.88. The van der Waals surface area contributed by atoms with E-state index in [0.717, 1.165) is 18.4 Å². The molecule has 1 aromatic heterocycles. The summed E-state index contributed by atoms with van der Waals surface area (Å²) in [5.41, 5.74) is 1.56. The van der Waals surface area contributed by atoms with E-state index in [0.29, 0.717) is 37.1 Å². The van der Waals surface area contributed by atoms with Crippen molar-refractivity contribution < 1.29 is 14.3 Å². The maximum Gasteiger partial charge on any atom is 0.407 e. The van der Waals surface area contributed by atoms with Crippen molar-refractivity contribution in [1.82, 2.24) is 25.6 Å². The summed E-state index contributed by atoms with van der Waals surface area (Å²) in [6.45, 7) is 1.76. The zero-order chi connectivity index (χ0) is 15.9. The van der Waals surface area contributed by atoms with Gasteiger partial charge in [-0.05, 0) is 31.0 Å². The van der Waals surface area contributed by atoms with Gasteiger partial charge >= 0.3 is 6.09 Å². The molecule has 0 saturated carbocycles. The van der Waals surface area contributed by atoms with Gasteiger partial charge in [0.1, 0.15) is 16.6 Å². The van der Waals surface area contributed by atoms with Gasteiger partial charge in [0.15, 0.2) is 0 Å². The van der Waals surface area contributed by atoms with Crippen molar-refractivity contribution in [1.29, 1.82) is 0 Å². The Morgan fingerprint density at radius 3 is 2.91 bits per heavy atom. The molecule has 2 fully saturated rings. The molecule has 2 aliphatic heterocycles. The highest BCUT2D eigenvalue weighted by Gasteiger charge is 2.41. The molecule has 1 atom stereocenters. The lowest BCUT2D eigenvalue weighted by Crippen LogP contribution is -2.36. The number of nitrogens with one attached hydrogen (secondary N) is 2. The predicted molar refractivity (Wildman–Crippen MR) is 80.9 cm³/mol. The van der Waals surface area contributed by atoms with E-state index in [1.165, 1.54) is 0 Å². The summed E-state index contributed by atoms with van der Waals surface area (Å²) in [5.74, 6) is -0.0239. The molecule has 2 N–H and O–H groups in total. The van der Waals surface area contributed by atoms with Crippen LogP contribution in [0.4, 0.5) is 4.79 Å². The molecule has 8 nitrogen and oxygen atoms in total. The molecule has 3 heterocycles. The Morgan fingerprint density at radius 1 is 1.22 bits per heavy atom. The molecule has 8 heteroatoms. The number of aromatic nitrogens is 3. The largest absolute Gasteiger partial charge is 0.441 e. The lowest BCUT2D eigenvalue weighted by molar-refractivity contribution is 0.0439. The molecule has 0 aliphatic carbocycles. The number of aromatic amines is 1. The molecule has 2 amide bonds. The zero-order valence-electron chi connectivity index (χ0n) is 12.5. The summed E-state index contributed by atoms with van der Waals surface area (Å²) < 4.78 is 5.44. The Kier molecular flexibility index (Phi) is 3.17. The van der Waals surface area contributed by atoms with Crippen LogP contribution in [0, 0.1) is 0 Å². The highest BCUT2D eigenvalue weighted by Crippen LogP contribution is 2.29. The van der Waals surface area contributed by atoms with E-state index in [1.54, 1.807) is 18.2 Å². The van der Waals surface area contributed by atoms with Crippen molar-refractivity contribution in [2.45, 2.75) is 24.9 Å². The van der Waals surface area contributed by atoms with Crippen LogP contribution < -0.4 is 5.32 Å². The summed E-state index contributed by atoms with van der Waals surface area (Å²) in [5, 5.41) is 13.3. The number of carbonyl (C=O) groups excluding carboxylic acids is 2. The second-order valence-corrected chi connectivity index (χ2v) is 6.10. The molecule has 1 spiro atoms. The van der Waals surface area contributed by atoms with Crippen LogP contribution in [0.1, 0.15) is 29.6 Å². The fourth-order valence-electron chi connectivity index (χ4n) is 3.31. The van der Waals surface area contributed by atoms with Crippen LogP contribution in [0.25, 0.3) is 11.0 Å². The van der Waals surface area contributed by atoms with Gasteiger partial charge in [-0.15, -0.1) is 0 Å². The van der Waals surface area contributed by atoms with E-state index in [4.69, 9.17) is 4.74 Å². The van der Waals surface area contributed by atoms with Gasteiger partial charge in [-0.1, -0.05) is 0 Å². The summed E-state index contributed by atoms with van der Waals surface area (Å²) in [6, 6.07) is 5.30. The van der Waals surface area contributed by atoms with Crippen LogP contribution in [0.3, 0.4) is 0 Å². The normalized spacial score (nSPS) is 24.5. The van der Waals surface area contributed by atoms with Crippen molar-refractivity contribution in [3.05, 3.63) is 23.8 Å². The fraction of sp³-hybridized carbons (Fsp3) is 0.467. The second-order valence-electron chi connectivity index (χ2n) is 6.10. The van der Waals surface area contributed by atoms with Gasteiger partial charge in [0.25, 0.3) is 5.91 Å². The van der Waals surface area contributed by atoms with Gasteiger partial charge in [-0.2, -0.15) is 15.4 Å². The van der Waals surface area contributed by atoms with E-state index in [2.05, 4.69) is 20.7 Å². The molecular weight excluding hydrogens is 298 g/mol. The molecule has 2 aliphatic rings. The third-order valence-electron chi connectivity index (χ3n) is 4.61. The summed E-state index contributed by atoms with van der Waals surface area (Å²) in [4.78, 5) is 25.9. The second kappa shape index (κ2) is 5.22. The number of amides is 2. The first-order valence-corrected chi connectivity index (χ1v) is 7.72. The number of hydrogen-bond acceptors (Lipinski definition) is 5. The zero-order valence-corrected chi connectivity index (χ0v) is 12.5. The van der Waals surface area contributed by atoms with E-state index in [9.17, 15) is 9.59 Å². The Labute approximate surface area is 132 Å². The van der Waals surface area contributed by atoms with Gasteiger partial charge < -0.3 is 15.0 Å². The monoisotopic (exact) mass is 315 g/mol. The molecule has 1 unspecified atom stereocenters. The van der Waals surface area contributed by atoms with Crippen molar-refractivity contribution in [2.75, 3.05) is 19.6 Å². The van der Waals surface area contributed by atoms with Gasteiger partial charge in [0.05, 0.1) is 6.54 Å². The molecule has 2 aromatic rings.